The number of rotatable bonds is 2. The third kappa shape index (κ3) is 3.10. The van der Waals surface area contributed by atoms with Gasteiger partial charge < -0.3 is 10.5 Å². The molecule has 90 valence electrons. The van der Waals surface area contributed by atoms with Crippen molar-refractivity contribution in [2.24, 2.45) is 0 Å². The molecule has 0 fully saturated rings. The predicted octanol–water partition coefficient (Wildman–Crippen LogP) is 3.29. The molecule has 7 heteroatoms. The number of alkyl halides is 3. The van der Waals surface area contributed by atoms with E-state index in [0.29, 0.717) is 16.4 Å². The molecule has 0 saturated carbocycles. The van der Waals surface area contributed by atoms with Crippen LogP contribution in [0.2, 0.25) is 0 Å². The predicted molar refractivity (Wildman–Crippen MR) is 58.6 cm³/mol. The molecule has 1 heterocycles. The second-order valence-corrected chi connectivity index (χ2v) is 4.04. The van der Waals surface area contributed by atoms with E-state index in [-0.39, 0.29) is 5.75 Å². The number of nitrogen functional groups attached to an aromatic ring is 1. The fraction of sp³-hybridized carbons (Fsp3) is 0.100. The van der Waals surface area contributed by atoms with Gasteiger partial charge in [-0.2, -0.15) is 0 Å². The lowest BCUT2D eigenvalue weighted by Crippen LogP contribution is -2.17. The number of ether oxygens (including phenoxy) is 1. The number of halogens is 3. The Kier molecular flexibility index (Phi) is 2.93. The highest BCUT2D eigenvalue weighted by Gasteiger charge is 2.31. The lowest BCUT2D eigenvalue weighted by molar-refractivity contribution is -0.274. The molecule has 0 amide bonds. The minimum Gasteiger partial charge on any atom is -0.406 e. The van der Waals surface area contributed by atoms with Crippen molar-refractivity contribution in [1.29, 1.82) is 0 Å². The van der Waals surface area contributed by atoms with Crippen molar-refractivity contribution in [3.8, 4) is 17.0 Å². The molecule has 2 rings (SSSR count). The van der Waals surface area contributed by atoms with Crippen LogP contribution < -0.4 is 10.5 Å². The van der Waals surface area contributed by atoms with Crippen LogP contribution in [0.1, 0.15) is 0 Å². The van der Waals surface area contributed by atoms with E-state index >= 15 is 0 Å². The lowest BCUT2D eigenvalue weighted by atomic mass is 10.2. The summed E-state index contributed by atoms with van der Waals surface area (Å²) in [5, 5.41) is 2.03. The van der Waals surface area contributed by atoms with Crippen LogP contribution in [-0.4, -0.2) is 11.3 Å². The largest absolute Gasteiger partial charge is 0.573 e. The molecule has 1 aromatic heterocycles. The highest BCUT2D eigenvalue weighted by Crippen LogP contribution is 2.29. The van der Waals surface area contributed by atoms with Crippen molar-refractivity contribution < 1.29 is 17.9 Å². The number of nitrogens with two attached hydrogens (primary N) is 1. The number of hydrogen-bond donors (Lipinski definition) is 1. The zero-order chi connectivity index (χ0) is 12.5. The summed E-state index contributed by atoms with van der Waals surface area (Å²) >= 11 is 1.22. The first-order valence-electron chi connectivity index (χ1n) is 4.51. The van der Waals surface area contributed by atoms with Crippen molar-refractivity contribution in [3.05, 3.63) is 29.6 Å². The van der Waals surface area contributed by atoms with Gasteiger partial charge in [0.2, 0.25) is 0 Å². The standard InChI is InChI=1S/C10H7F3N2OS/c11-10(12,13)16-7-3-1-2-6(4-7)8-5-17-9(14)15-8/h1-5H,(H2,14,15). The number of nitrogens with zero attached hydrogens (tertiary/aromatic N) is 1. The molecule has 1 aromatic carbocycles. The summed E-state index contributed by atoms with van der Waals surface area (Å²) in [6.45, 7) is 0. The number of anilines is 1. The van der Waals surface area contributed by atoms with E-state index in [1.807, 2.05) is 0 Å². The Hall–Kier alpha value is -1.76. The quantitative estimate of drug-likeness (QED) is 0.901. The number of thiazole rings is 1. The van der Waals surface area contributed by atoms with Crippen LogP contribution in [0.25, 0.3) is 11.3 Å². The first kappa shape index (κ1) is 11.7. The zero-order valence-corrected chi connectivity index (χ0v) is 9.18. The molecule has 2 aromatic rings. The molecule has 2 N–H and O–H groups in total. The van der Waals surface area contributed by atoms with Gasteiger partial charge in [0, 0.05) is 10.9 Å². The van der Waals surface area contributed by atoms with Gasteiger partial charge >= 0.3 is 6.36 Å². The van der Waals surface area contributed by atoms with Gasteiger partial charge in [-0.05, 0) is 12.1 Å². The maximum Gasteiger partial charge on any atom is 0.573 e. The van der Waals surface area contributed by atoms with Crippen LogP contribution in [0, 0.1) is 0 Å². The van der Waals surface area contributed by atoms with Gasteiger partial charge in [-0.3, -0.25) is 0 Å². The van der Waals surface area contributed by atoms with Gasteiger partial charge in [0.05, 0.1) is 5.69 Å². The van der Waals surface area contributed by atoms with Crippen LogP contribution >= 0.6 is 11.3 Å². The Morgan fingerprint density at radius 2 is 2.06 bits per heavy atom. The molecule has 0 spiro atoms. The summed E-state index contributed by atoms with van der Waals surface area (Å²) < 4.78 is 39.9. The van der Waals surface area contributed by atoms with Crippen LogP contribution in [-0.2, 0) is 0 Å². The average Bonchev–Trinajstić information content (AvgIpc) is 2.63. The molecule has 0 unspecified atom stereocenters. The van der Waals surface area contributed by atoms with Gasteiger partial charge in [0.1, 0.15) is 5.75 Å². The zero-order valence-electron chi connectivity index (χ0n) is 8.36. The third-order valence-electron chi connectivity index (χ3n) is 1.89. The Morgan fingerprint density at radius 1 is 1.29 bits per heavy atom. The Bertz CT molecular complexity index is 524. The molecule has 0 atom stereocenters. The molecular weight excluding hydrogens is 253 g/mol. The molecule has 3 nitrogen and oxygen atoms in total. The van der Waals surface area contributed by atoms with Crippen molar-refractivity contribution in [2.75, 3.05) is 5.73 Å². The highest BCUT2D eigenvalue weighted by atomic mass is 32.1. The van der Waals surface area contributed by atoms with E-state index in [9.17, 15) is 13.2 Å². The highest BCUT2D eigenvalue weighted by molar-refractivity contribution is 7.13. The summed E-state index contributed by atoms with van der Waals surface area (Å²) in [5.41, 5.74) is 6.51. The lowest BCUT2D eigenvalue weighted by Gasteiger charge is -2.09. The van der Waals surface area contributed by atoms with E-state index in [0.717, 1.165) is 0 Å². The van der Waals surface area contributed by atoms with E-state index in [1.54, 1.807) is 11.4 Å². The number of benzene rings is 1. The average molecular weight is 260 g/mol. The smallest absolute Gasteiger partial charge is 0.406 e. The maximum absolute atomic E-state index is 12.0. The second-order valence-electron chi connectivity index (χ2n) is 3.15. The fourth-order valence-electron chi connectivity index (χ4n) is 1.27. The first-order chi connectivity index (χ1) is 7.94. The van der Waals surface area contributed by atoms with Gasteiger partial charge in [0.25, 0.3) is 0 Å². The summed E-state index contributed by atoms with van der Waals surface area (Å²) in [5.74, 6) is -0.276. The molecule has 0 aliphatic carbocycles. The molecule has 0 bridgehead atoms. The van der Waals surface area contributed by atoms with Crippen LogP contribution in [0.3, 0.4) is 0 Å². The SMILES string of the molecule is Nc1nc(-c2cccc(OC(F)(F)F)c2)cs1. The molecule has 0 radical (unpaired) electrons. The number of hydrogen-bond acceptors (Lipinski definition) is 4. The van der Waals surface area contributed by atoms with E-state index in [2.05, 4.69) is 9.72 Å². The van der Waals surface area contributed by atoms with Crippen molar-refractivity contribution in [1.82, 2.24) is 4.98 Å². The summed E-state index contributed by atoms with van der Waals surface area (Å²) in [6.07, 6.45) is -4.69. The topological polar surface area (TPSA) is 48.1 Å². The van der Waals surface area contributed by atoms with E-state index in [4.69, 9.17) is 5.73 Å². The van der Waals surface area contributed by atoms with E-state index < -0.39 is 6.36 Å². The van der Waals surface area contributed by atoms with Crippen molar-refractivity contribution in [3.63, 3.8) is 0 Å². The van der Waals surface area contributed by atoms with Crippen LogP contribution in [0.4, 0.5) is 18.3 Å². The molecule has 0 aliphatic heterocycles. The fourth-order valence-corrected chi connectivity index (χ4v) is 1.84. The second kappa shape index (κ2) is 4.25. The Morgan fingerprint density at radius 3 is 2.65 bits per heavy atom. The number of aromatic nitrogens is 1. The van der Waals surface area contributed by atoms with Gasteiger partial charge in [0.15, 0.2) is 5.13 Å². The van der Waals surface area contributed by atoms with Gasteiger partial charge in [-0.25, -0.2) is 4.98 Å². The molecule has 17 heavy (non-hydrogen) atoms. The molecule has 0 saturated heterocycles. The minimum absolute atomic E-state index is 0.276. The van der Waals surface area contributed by atoms with E-state index in [1.165, 1.54) is 29.5 Å². The van der Waals surface area contributed by atoms with Gasteiger partial charge in [-0.1, -0.05) is 12.1 Å². The summed E-state index contributed by atoms with van der Waals surface area (Å²) in [6, 6.07) is 5.60. The van der Waals surface area contributed by atoms with Crippen molar-refractivity contribution in [2.45, 2.75) is 6.36 Å². The normalized spacial score (nSPS) is 11.5. The summed E-state index contributed by atoms with van der Waals surface area (Å²) in [4.78, 5) is 3.98. The summed E-state index contributed by atoms with van der Waals surface area (Å²) in [7, 11) is 0. The molecule has 0 aliphatic rings. The maximum atomic E-state index is 12.0. The van der Waals surface area contributed by atoms with Crippen molar-refractivity contribution >= 4 is 16.5 Å². The minimum atomic E-state index is -4.69. The van der Waals surface area contributed by atoms with Crippen LogP contribution in [0.15, 0.2) is 29.6 Å². The molecular formula is C10H7F3N2OS. The monoisotopic (exact) mass is 260 g/mol. The Balaban J connectivity index is 2.29. The Labute approximate surface area is 98.7 Å². The third-order valence-corrected chi connectivity index (χ3v) is 2.56. The van der Waals surface area contributed by atoms with Gasteiger partial charge in [-0.15, -0.1) is 24.5 Å². The first-order valence-corrected chi connectivity index (χ1v) is 5.39. The van der Waals surface area contributed by atoms with Crippen LogP contribution in [0.5, 0.6) is 5.75 Å².